The molecule has 4 heteroatoms. The number of aromatic amines is 1. The second kappa shape index (κ2) is 4.28. The molecule has 1 aromatic carbocycles. The van der Waals surface area contributed by atoms with Gasteiger partial charge in [0.05, 0.1) is 17.1 Å². The number of aromatic nitrogens is 1. The van der Waals surface area contributed by atoms with Crippen LogP contribution >= 0.6 is 15.9 Å². The fourth-order valence-corrected chi connectivity index (χ4v) is 3.28. The maximum atomic E-state index is 12.0. The minimum Gasteiger partial charge on any atom is -0.354 e. The Morgan fingerprint density at radius 3 is 2.95 bits per heavy atom. The highest BCUT2D eigenvalue weighted by Crippen LogP contribution is 2.18. The number of benzene rings is 1. The number of carbonyl (C=O) groups is 1. The van der Waals surface area contributed by atoms with Crippen molar-refractivity contribution < 1.29 is 4.79 Å². The highest BCUT2D eigenvalue weighted by molar-refractivity contribution is 9.12. The molecule has 2 aromatic rings. The number of amides is 1. The molecule has 0 saturated carbocycles. The number of carbonyl (C=O) groups excluding carboxylic acids is 1. The van der Waals surface area contributed by atoms with Crippen molar-refractivity contribution in [2.45, 2.75) is 12.8 Å². The van der Waals surface area contributed by atoms with Crippen LogP contribution in [0.3, 0.4) is 0 Å². The molecule has 2 aliphatic rings. The molecule has 0 fully saturated rings. The summed E-state index contributed by atoms with van der Waals surface area (Å²) < 4.78 is 1.07. The molecular formula is C16H11BrN2O. The molecule has 20 heavy (non-hydrogen) atoms. The van der Waals surface area contributed by atoms with E-state index in [4.69, 9.17) is 0 Å². The molecule has 0 saturated heterocycles. The fraction of sp³-hybridized carbons (Fsp3) is 0.125. The monoisotopic (exact) mass is 326 g/mol. The molecule has 1 aliphatic heterocycles. The van der Waals surface area contributed by atoms with Gasteiger partial charge < -0.3 is 4.98 Å². The first-order valence-corrected chi connectivity index (χ1v) is 7.30. The van der Waals surface area contributed by atoms with Crippen LogP contribution in [0, 0.1) is 10.6 Å². The first-order chi connectivity index (χ1) is 9.72. The van der Waals surface area contributed by atoms with Gasteiger partial charge in [0.1, 0.15) is 0 Å². The van der Waals surface area contributed by atoms with Crippen molar-refractivity contribution in [2.75, 3.05) is 0 Å². The summed E-state index contributed by atoms with van der Waals surface area (Å²) in [5.74, 6) is -0.0772. The predicted molar refractivity (Wildman–Crippen MR) is 79.6 cm³/mol. The lowest BCUT2D eigenvalue weighted by molar-refractivity contribution is -0.117. The van der Waals surface area contributed by atoms with E-state index in [1.165, 1.54) is 5.56 Å². The van der Waals surface area contributed by atoms with Crippen molar-refractivity contribution in [2.24, 2.45) is 4.99 Å². The molecule has 1 aromatic heterocycles. The molecule has 0 radical (unpaired) electrons. The Morgan fingerprint density at radius 2 is 2.05 bits per heavy atom. The van der Waals surface area contributed by atoms with Gasteiger partial charge in [-0.05, 0) is 29.7 Å². The molecule has 0 unspecified atom stereocenters. The summed E-state index contributed by atoms with van der Waals surface area (Å²) in [6, 6.07) is 7.79. The highest BCUT2D eigenvalue weighted by Gasteiger charge is 2.17. The SMILES string of the molecule is O=C1Cc2c3c([nH]c2=c2ccccc2=N1)=CC(Br)=CC3. The third-order valence-electron chi connectivity index (χ3n) is 3.78. The lowest BCUT2D eigenvalue weighted by Crippen LogP contribution is -2.13. The van der Waals surface area contributed by atoms with Crippen molar-refractivity contribution >= 4 is 27.9 Å². The zero-order valence-electron chi connectivity index (χ0n) is 10.6. The molecule has 2 heterocycles. The summed E-state index contributed by atoms with van der Waals surface area (Å²) in [7, 11) is 0. The zero-order valence-corrected chi connectivity index (χ0v) is 12.2. The van der Waals surface area contributed by atoms with E-state index in [1.807, 2.05) is 24.3 Å². The predicted octanol–water partition coefficient (Wildman–Crippen LogP) is 1.62. The van der Waals surface area contributed by atoms with Gasteiger partial charge in [-0.3, -0.25) is 4.79 Å². The third-order valence-corrected chi connectivity index (χ3v) is 4.33. The number of rotatable bonds is 0. The lowest BCUT2D eigenvalue weighted by Gasteiger charge is -2.03. The number of hydrogen-bond acceptors (Lipinski definition) is 1. The first-order valence-electron chi connectivity index (χ1n) is 6.50. The minimum absolute atomic E-state index is 0.0772. The number of para-hydroxylation sites is 1. The number of fused-ring (bicyclic) bond motifs is 4. The molecular weight excluding hydrogens is 316 g/mol. The number of nitrogens with one attached hydrogen (secondary N) is 1. The first kappa shape index (κ1) is 11.9. The van der Waals surface area contributed by atoms with Gasteiger partial charge in [0.15, 0.2) is 0 Å². The summed E-state index contributed by atoms with van der Waals surface area (Å²) >= 11 is 3.51. The van der Waals surface area contributed by atoms with Gasteiger partial charge in [0.25, 0.3) is 5.91 Å². The van der Waals surface area contributed by atoms with Gasteiger partial charge in [-0.2, -0.15) is 0 Å². The van der Waals surface area contributed by atoms with Crippen molar-refractivity contribution in [1.82, 2.24) is 4.98 Å². The third kappa shape index (κ3) is 1.72. The van der Waals surface area contributed by atoms with E-state index >= 15 is 0 Å². The number of nitrogens with zero attached hydrogens (tertiary/aromatic N) is 1. The number of allylic oxidation sites excluding steroid dienone is 2. The van der Waals surface area contributed by atoms with Crippen LogP contribution < -0.4 is 10.7 Å². The molecule has 1 N–H and O–H groups in total. The van der Waals surface area contributed by atoms with E-state index < -0.39 is 0 Å². The highest BCUT2D eigenvalue weighted by atomic mass is 79.9. The Morgan fingerprint density at radius 1 is 1.20 bits per heavy atom. The van der Waals surface area contributed by atoms with E-state index in [9.17, 15) is 4.79 Å². The summed E-state index contributed by atoms with van der Waals surface area (Å²) in [4.78, 5) is 19.7. The van der Waals surface area contributed by atoms with Gasteiger partial charge in [0.2, 0.25) is 0 Å². The van der Waals surface area contributed by atoms with Crippen LogP contribution in [-0.4, -0.2) is 10.9 Å². The Hall–Kier alpha value is -1.94. The smallest absolute Gasteiger partial charge is 0.250 e. The van der Waals surface area contributed by atoms with Crippen LogP contribution in [0.2, 0.25) is 0 Å². The Bertz CT molecular complexity index is 982. The second-order valence-electron chi connectivity index (χ2n) is 5.01. The largest absolute Gasteiger partial charge is 0.354 e. The van der Waals surface area contributed by atoms with Gasteiger partial charge in [-0.25, -0.2) is 4.99 Å². The topological polar surface area (TPSA) is 45.2 Å². The standard InChI is InChI=1S/C16H11BrN2O/c17-9-5-6-10-12-8-15(20)18-13-4-2-1-3-11(13)16(12)19-14(10)7-9/h1-5,7,19H,6,8H2. The van der Waals surface area contributed by atoms with E-state index in [-0.39, 0.29) is 5.91 Å². The normalized spacial score (nSPS) is 16.1. The van der Waals surface area contributed by atoms with E-state index in [0.29, 0.717) is 6.42 Å². The molecule has 1 amide bonds. The Kier molecular flexibility index (Phi) is 2.54. The van der Waals surface area contributed by atoms with E-state index in [0.717, 1.165) is 37.7 Å². The molecule has 0 bridgehead atoms. The van der Waals surface area contributed by atoms with Gasteiger partial charge in [-0.15, -0.1) is 0 Å². The zero-order chi connectivity index (χ0) is 13.7. The molecule has 3 nitrogen and oxygen atoms in total. The second-order valence-corrected chi connectivity index (χ2v) is 5.92. The molecule has 1 aliphatic carbocycles. The van der Waals surface area contributed by atoms with Crippen molar-refractivity contribution in [1.29, 1.82) is 0 Å². The summed E-state index contributed by atoms with van der Waals surface area (Å²) in [5.41, 5.74) is 2.30. The fourth-order valence-electron chi connectivity index (χ4n) is 2.88. The average Bonchev–Trinajstić information content (AvgIpc) is 2.70. The number of hydrogen-bond donors (Lipinski definition) is 1. The minimum atomic E-state index is -0.0772. The molecule has 4 rings (SSSR count). The Labute approximate surface area is 123 Å². The lowest BCUT2D eigenvalue weighted by atomic mass is 10.0. The van der Waals surface area contributed by atoms with E-state index in [1.54, 1.807) is 0 Å². The quantitative estimate of drug-likeness (QED) is 0.785. The van der Waals surface area contributed by atoms with Gasteiger partial charge in [-0.1, -0.05) is 40.2 Å². The van der Waals surface area contributed by atoms with Crippen LogP contribution in [0.15, 0.2) is 39.8 Å². The van der Waals surface area contributed by atoms with Crippen molar-refractivity contribution in [3.05, 3.63) is 67.2 Å². The van der Waals surface area contributed by atoms with Gasteiger partial charge in [0, 0.05) is 15.1 Å². The maximum absolute atomic E-state index is 12.0. The molecule has 98 valence electrons. The summed E-state index contributed by atoms with van der Waals surface area (Å²) in [5, 5.41) is 3.88. The molecule has 0 atom stereocenters. The van der Waals surface area contributed by atoms with Crippen molar-refractivity contribution in [3.63, 3.8) is 0 Å². The van der Waals surface area contributed by atoms with E-state index in [2.05, 4.69) is 38.1 Å². The van der Waals surface area contributed by atoms with Crippen LogP contribution in [-0.2, 0) is 17.6 Å². The molecule has 0 spiro atoms. The summed E-state index contributed by atoms with van der Waals surface area (Å²) in [6.45, 7) is 0. The van der Waals surface area contributed by atoms with Crippen LogP contribution in [0.1, 0.15) is 11.1 Å². The summed E-state index contributed by atoms with van der Waals surface area (Å²) in [6.07, 6.45) is 5.40. The maximum Gasteiger partial charge on any atom is 0.250 e. The number of H-pyrrole nitrogens is 1. The average molecular weight is 327 g/mol. The van der Waals surface area contributed by atoms with Gasteiger partial charge >= 0.3 is 0 Å². The Balaban J connectivity index is 2.26. The van der Waals surface area contributed by atoms with Crippen LogP contribution in [0.4, 0.5) is 0 Å². The van der Waals surface area contributed by atoms with Crippen LogP contribution in [0.5, 0.6) is 0 Å². The van der Waals surface area contributed by atoms with Crippen LogP contribution in [0.25, 0.3) is 6.08 Å². The number of halogens is 1. The van der Waals surface area contributed by atoms with Crippen molar-refractivity contribution in [3.8, 4) is 0 Å².